The number of carboxylic acids is 1. The molecule has 32 heavy (non-hydrogen) atoms. The van der Waals surface area contributed by atoms with Gasteiger partial charge in [-0.15, -0.1) is 0 Å². The standard InChI is InChI=1S/C27H23NO3S/c1-18(27(29)30)15-21-11-6-7-14-24(21)22-12-8-13-23(16-22)25-19(2)32-28-26(25)31-17-20-9-4-3-5-10-20/h3-16H,17H2,1-2H3,(H,29,30)/b18-15-. The number of carboxylic acid groups (broad SMARTS) is 1. The predicted octanol–water partition coefficient (Wildman–Crippen LogP) is 6.85. The molecular formula is C27H23NO3S. The Morgan fingerprint density at radius 2 is 1.72 bits per heavy atom. The lowest BCUT2D eigenvalue weighted by Crippen LogP contribution is -1.97. The van der Waals surface area contributed by atoms with E-state index in [0.717, 1.165) is 38.3 Å². The monoisotopic (exact) mass is 441 g/mol. The fourth-order valence-corrected chi connectivity index (χ4v) is 4.19. The molecule has 0 saturated carbocycles. The number of aryl methyl sites for hydroxylation is 1. The molecule has 1 N–H and O–H groups in total. The van der Waals surface area contributed by atoms with Crippen LogP contribution in [0, 0.1) is 6.92 Å². The Morgan fingerprint density at radius 1 is 1.00 bits per heavy atom. The van der Waals surface area contributed by atoms with Crippen LogP contribution in [0.1, 0.15) is 22.9 Å². The maximum atomic E-state index is 11.3. The maximum Gasteiger partial charge on any atom is 0.331 e. The zero-order valence-electron chi connectivity index (χ0n) is 17.9. The van der Waals surface area contributed by atoms with E-state index in [1.54, 1.807) is 13.0 Å². The first-order valence-corrected chi connectivity index (χ1v) is 11.0. The molecule has 0 fully saturated rings. The van der Waals surface area contributed by atoms with E-state index in [0.29, 0.717) is 18.1 Å². The zero-order chi connectivity index (χ0) is 22.5. The second-order valence-corrected chi connectivity index (χ2v) is 8.47. The Morgan fingerprint density at radius 3 is 2.50 bits per heavy atom. The third kappa shape index (κ3) is 4.79. The molecule has 4 nitrogen and oxygen atoms in total. The molecule has 3 aromatic carbocycles. The van der Waals surface area contributed by atoms with Gasteiger partial charge in [-0.1, -0.05) is 72.8 Å². The Labute approximate surface area is 191 Å². The molecule has 1 heterocycles. The van der Waals surface area contributed by atoms with Crippen LogP contribution in [0.2, 0.25) is 0 Å². The number of hydrogen-bond acceptors (Lipinski definition) is 4. The molecule has 0 aliphatic carbocycles. The first-order chi connectivity index (χ1) is 15.5. The molecule has 0 radical (unpaired) electrons. The third-order valence-electron chi connectivity index (χ3n) is 5.18. The molecule has 0 spiro atoms. The van der Waals surface area contributed by atoms with Gasteiger partial charge in [-0.3, -0.25) is 0 Å². The average molecular weight is 442 g/mol. The van der Waals surface area contributed by atoms with Crippen LogP contribution < -0.4 is 4.74 Å². The summed E-state index contributed by atoms with van der Waals surface area (Å²) in [5.41, 5.74) is 6.24. The van der Waals surface area contributed by atoms with Crippen LogP contribution in [-0.4, -0.2) is 15.4 Å². The molecule has 0 aliphatic rings. The minimum absolute atomic E-state index is 0.295. The van der Waals surface area contributed by atoms with Crippen LogP contribution in [-0.2, 0) is 11.4 Å². The van der Waals surface area contributed by atoms with Gasteiger partial charge in [0.05, 0.1) is 5.56 Å². The van der Waals surface area contributed by atoms with E-state index in [2.05, 4.69) is 16.5 Å². The zero-order valence-corrected chi connectivity index (χ0v) is 18.7. The van der Waals surface area contributed by atoms with Gasteiger partial charge in [-0.25, -0.2) is 4.79 Å². The summed E-state index contributed by atoms with van der Waals surface area (Å²) in [4.78, 5) is 12.4. The van der Waals surface area contributed by atoms with Crippen molar-refractivity contribution in [2.45, 2.75) is 20.5 Å². The highest BCUT2D eigenvalue weighted by Gasteiger charge is 2.16. The van der Waals surface area contributed by atoms with Crippen molar-refractivity contribution in [2.24, 2.45) is 0 Å². The van der Waals surface area contributed by atoms with Gasteiger partial charge in [0.2, 0.25) is 5.88 Å². The van der Waals surface area contributed by atoms with Crippen LogP contribution in [0.4, 0.5) is 0 Å². The number of benzene rings is 3. The lowest BCUT2D eigenvalue weighted by atomic mass is 9.95. The van der Waals surface area contributed by atoms with E-state index in [-0.39, 0.29) is 0 Å². The second kappa shape index (κ2) is 9.62. The SMILES string of the molecule is C/C(=C/c1ccccc1-c1cccc(-c2c(OCc3ccccc3)nsc2C)c1)C(=O)O. The van der Waals surface area contributed by atoms with Gasteiger partial charge in [-0.05, 0) is 65.3 Å². The minimum Gasteiger partial charge on any atom is -0.478 e. The largest absolute Gasteiger partial charge is 0.478 e. The number of hydrogen-bond donors (Lipinski definition) is 1. The number of aromatic nitrogens is 1. The van der Waals surface area contributed by atoms with E-state index >= 15 is 0 Å². The summed E-state index contributed by atoms with van der Waals surface area (Å²) in [6.45, 7) is 4.10. The number of nitrogens with zero attached hydrogens (tertiary/aromatic N) is 1. The van der Waals surface area contributed by atoms with Crippen molar-refractivity contribution in [2.75, 3.05) is 0 Å². The van der Waals surface area contributed by atoms with Crippen molar-refractivity contribution >= 4 is 23.6 Å². The highest BCUT2D eigenvalue weighted by Crippen LogP contribution is 2.38. The van der Waals surface area contributed by atoms with Crippen LogP contribution in [0.25, 0.3) is 28.3 Å². The van der Waals surface area contributed by atoms with Crippen molar-refractivity contribution in [1.29, 1.82) is 0 Å². The van der Waals surface area contributed by atoms with Gasteiger partial charge in [0.25, 0.3) is 0 Å². The summed E-state index contributed by atoms with van der Waals surface area (Å²) in [6.07, 6.45) is 1.70. The summed E-state index contributed by atoms with van der Waals surface area (Å²) < 4.78 is 10.6. The maximum absolute atomic E-state index is 11.3. The number of ether oxygens (including phenoxy) is 1. The fourth-order valence-electron chi connectivity index (χ4n) is 3.53. The number of rotatable bonds is 7. The van der Waals surface area contributed by atoms with E-state index in [9.17, 15) is 9.90 Å². The van der Waals surface area contributed by atoms with Crippen molar-refractivity contribution in [3.8, 4) is 28.1 Å². The van der Waals surface area contributed by atoms with Gasteiger partial charge in [-0.2, -0.15) is 4.37 Å². The third-order valence-corrected chi connectivity index (χ3v) is 5.92. The Kier molecular flexibility index (Phi) is 6.47. The molecule has 0 unspecified atom stereocenters. The minimum atomic E-state index is -0.922. The summed E-state index contributed by atoms with van der Waals surface area (Å²) in [6, 6.07) is 26.0. The summed E-state index contributed by atoms with van der Waals surface area (Å²) in [7, 11) is 0. The van der Waals surface area contributed by atoms with Gasteiger partial charge in [0.1, 0.15) is 6.61 Å². The van der Waals surface area contributed by atoms with Crippen molar-refractivity contribution in [3.63, 3.8) is 0 Å². The number of aliphatic carboxylic acids is 1. The number of carbonyl (C=O) groups is 1. The van der Waals surface area contributed by atoms with Crippen LogP contribution in [0.5, 0.6) is 5.88 Å². The average Bonchev–Trinajstić information content (AvgIpc) is 3.19. The molecule has 0 atom stereocenters. The highest BCUT2D eigenvalue weighted by molar-refractivity contribution is 7.06. The Bertz CT molecular complexity index is 1280. The van der Waals surface area contributed by atoms with Crippen LogP contribution in [0.3, 0.4) is 0 Å². The molecule has 0 amide bonds. The van der Waals surface area contributed by atoms with Crippen LogP contribution in [0.15, 0.2) is 84.4 Å². The first-order valence-electron chi connectivity index (χ1n) is 10.3. The first kappa shape index (κ1) is 21.5. The summed E-state index contributed by atoms with van der Waals surface area (Å²) in [5.74, 6) is -0.294. The predicted molar refractivity (Wildman–Crippen MR) is 130 cm³/mol. The van der Waals surface area contributed by atoms with Crippen molar-refractivity contribution < 1.29 is 14.6 Å². The summed E-state index contributed by atoms with van der Waals surface area (Å²) in [5, 5.41) is 9.28. The molecule has 5 heteroatoms. The van der Waals surface area contributed by atoms with E-state index in [4.69, 9.17) is 4.74 Å². The van der Waals surface area contributed by atoms with E-state index in [1.165, 1.54) is 11.5 Å². The molecule has 1 aromatic heterocycles. The molecule has 4 aromatic rings. The van der Waals surface area contributed by atoms with Crippen LogP contribution >= 0.6 is 11.5 Å². The second-order valence-electron chi connectivity index (χ2n) is 7.49. The molecule has 0 saturated heterocycles. The molecular weight excluding hydrogens is 418 g/mol. The van der Waals surface area contributed by atoms with E-state index < -0.39 is 5.97 Å². The normalized spacial score (nSPS) is 11.4. The molecule has 0 bridgehead atoms. The molecule has 4 rings (SSSR count). The smallest absolute Gasteiger partial charge is 0.331 e. The van der Waals surface area contributed by atoms with Crippen molar-refractivity contribution in [3.05, 3.63) is 100 Å². The lowest BCUT2D eigenvalue weighted by molar-refractivity contribution is -0.132. The van der Waals surface area contributed by atoms with Gasteiger partial charge >= 0.3 is 5.97 Å². The van der Waals surface area contributed by atoms with E-state index in [1.807, 2.05) is 73.7 Å². The summed E-state index contributed by atoms with van der Waals surface area (Å²) >= 11 is 1.43. The fraction of sp³-hybridized carbons (Fsp3) is 0.111. The van der Waals surface area contributed by atoms with Gasteiger partial charge < -0.3 is 9.84 Å². The highest BCUT2D eigenvalue weighted by atomic mass is 32.1. The topological polar surface area (TPSA) is 59.4 Å². The molecule has 0 aliphatic heterocycles. The molecule has 160 valence electrons. The Balaban J connectivity index is 1.69. The van der Waals surface area contributed by atoms with Crippen molar-refractivity contribution in [1.82, 2.24) is 4.37 Å². The van der Waals surface area contributed by atoms with Gasteiger partial charge in [0, 0.05) is 10.5 Å². The van der Waals surface area contributed by atoms with Gasteiger partial charge in [0.15, 0.2) is 0 Å². The quantitative estimate of drug-likeness (QED) is 0.319. The lowest BCUT2D eigenvalue weighted by Gasteiger charge is -2.11. The Hall–Kier alpha value is -3.70.